The predicted molar refractivity (Wildman–Crippen MR) is 64.1 cm³/mol. The van der Waals surface area contributed by atoms with Crippen LogP contribution in [0.25, 0.3) is 0 Å². The summed E-state index contributed by atoms with van der Waals surface area (Å²) in [6.07, 6.45) is 3.15. The monoisotopic (exact) mass is 225 g/mol. The second kappa shape index (κ2) is 8.25. The fourth-order valence-electron chi connectivity index (χ4n) is 1.57. The number of rotatable bonds is 8. The molecule has 0 aliphatic carbocycles. The third kappa shape index (κ3) is 5.83. The molecular formula is C13H20FNO. The number of ether oxygens (including phenoxy) is 1. The summed E-state index contributed by atoms with van der Waals surface area (Å²) in [7, 11) is 1.70. The molecule has 1 aromatic carbocycles. The van der Waals surface area contributed by atoms with Gasteiger partial charge in [0.2, 0.25) is 0 Å². The molecule has 0 atom stereocenters. The molecule has 16 heavy (non-hydrogen) atoms. The van der Waals surface area contributed by atoms with E-state index in [0.717, 1.165) is 44.5 Å². The first-order valence-electron chi connectivity index (χ1n) is 5.77. The Morgan fingerprint density at radius 3 is 2.88 bits per heavy atom. The van der Waals surface area contributed by atoms with E-state index in [-0.39, 0.29) is 5.82 Å². The van der Waals surface area contributed by atoms with Gasteiger partial charge in [-0.3, -0.25) is 0 Å². The number of hydrogen-bond acceptors (Lipinski definition) is 2. The van der Waals surface area contributed by atoms with Gasteiger partial charge < -0.3 is 10.1 Å². The summed E-state index contributed by atoms with van der Waals surface area (Å²) >= 11 is 0. The van der Waals surface area contributed by atoms with E-state index in [1.165, 1.54) is 6.07 Å². The standard InChI is InChI=1S/C13H20FNO/c1-16-10-9-15-8-3-2-5-12-6-4-7-13(14)11-12/h4,6-7,11,15H,2-3,5,8-10H2,1H3. The van der Waals surface area contributed by atoms with Gasteiger partial charge in [0.25, 0.3) is 0 Å². The first kappa shape index (κ1) is 13.1. The minimum atomic E-state index is -0.143. The Bertz CT molecular complexity index is 291. The highest BCUT2D eigenvalue weighted by Crippen LogP contribution is 2.06. The molecule has 0 aliphatic heterocycles. The van der Waals surface area contributed by atoms with Crippen LogP contribution < -0.4 is 5.32 Å². The van der Waals surface area contributed by atoms with E-state index in [1.807, 2.05) is 6.07 Å². The predicted octanol–water partition coefficient (Wildman–Crippen LogP) is 2.38. The summed E-state index contributed by atoms with van der Waals surface area (Å²) in [5.74, 6) is -0.143. The lowest BCUT2D eigenvalue weighted by atomic mass is 10.1. The molecule has 90 valence electrons. The molecule has 0 fully saturated rings. The van der Waals surface area contributed by atoms with Gasteiger partial charge in [0.1, 0.15) is 5.82 Å². The lowest BCUT2D eigenvalue weighted by Crippen LogP contribution is -2.20. The molecule has 0 aliphatic rings. The summed E-state index contributed by atoms with van der Waals surface area (Å²) in [5.41, 5.74) is 1.08. The van der Waals surface area contributed by atoms with Crippen molar-refractivity contribution in [2.45, 2.75) is 19.3 Å². The van der Waals surface area contributed by atoms with Gasteiger partial charge >= 0.3 is 0 Å². The van der Waals surface area contributed by atoms with Gasteiger partial charge in [0, 0.05) is 13.7 Å². The van der Waals surface area contributed by atoms with E-state index in [9.17, 15) is 4.39 Å². The molecular weight excluding hydrogens is 205 g/mol. The molecule has 1 rings (SSSR count). The van der Waals surface area contributed by atoms with E-state index >= 15 is 0 Å². The third-order valence-electron chi connectivity index (χ3n) is 2.44. The van der Waals surface area contributed by atoms with Crippen LogP contribution in [-0.2, 0) is 11.2 Å². The number of unbranched alkanes of at least 4 members (excludes halogenated alkanes) is 1. The molecule has 1 N–H and O–H groups in total. The van der Waals surface area contributed by atoms with Crippen LogP contribution in [-0.4, -0.2) is 26.8 Å². The van der Waals surface area contributed by atoms with Crippen LogP contribution in [0.4, 0.5) is 4.39 Å². The molecule has 0 radical (unpaired) electrons. The van der Waals surface area contributed by atoms with Crippen molar-refractivity contribution in [2.24, 2.45) is 0 Å². The van der Waals surface area contributed by atoms with E-state index < -0.39 is 0 Å². The molecule has 0 saturated carbocycles. The first-order valence-corrected chi connectivity index (χ1v) is 5.77. The maximum Gasteiger partial charge on any atom is 0.123 e. The Hall–Kier alpha value is -0.930. The quantitative estimate of drug-likeness (QED) is 0.686. The second-order valence-corrected chi connectivity index (χ2v) is 3.83. The highest BCUT2D eigenvalue weighted by atomic mass is 19.1. The fourth-order valence-corrected chi connectivity index (χ4v) is 1.57. The Kier molecular flexibility index (Phi) is 6.77. The van der Waals surface area contributed by atoms with E-state index in [4.69, 9.17) is 4.74 Å². The highest BCUT2D eigenvalue weighted by Gasteiger charge is 1.95. The zero-order valence-electron chi connectivity index (χ0n) is 9.84. The zero-order valence-corrected chi connectivity index (χ0v) is 9.84. The van der Waals surface area contributed by atoms with E-state index in [1.54, 1.807) is 19.2 Å². The third-order valence-corrected chi connectivity index (χ3v) is 2.44. The van der Waals surface area contributed by atoms with Crippen LogP contribution in [0.15, 0.2) is 24.3 Å². The van der Waals surface area contributed by atoms with Crippen LogP contribution in [0, 0.1) is 5.82 Å². The minimum absolute atomic E-state index is 0.143. The second-order valence-electron chi connectivity index (χ2n) is 3.83. The van der Waals surface area contributed by atoms with Gasteiger partial charge in [-0.15, -0.1) is 0 Å². The average Bonchev–Trinajstić information content (AvgIpc) is 2.28. The number of halogens is 1. The van der Waals surface area contributed by atoms with Crippen molar-refractivity contribution >= 4 is 0 Å². The normalized spacial score (nSPS) is 10.6. The average molecular weight is 225 g/mol. The topological polar surface area (TPSA) is 21.3 Å². The number of hydrogen-bond donors (Lipinski definition) is 1. The number of benzene rings is 1. The molecule has 0 spiro atoms. The Morgan fingerprint density at radius 2 is 2.12 bits per heavy atom. The SMILES string of the molecule is COCCNCCCCc1cccc(F)c1. The Balaban J connectivity index is 2.03. The molecule has 2 nitrogen and oxygen atoms in total. The summed E-state index contributed by atoms with van der Waals surface area (Å²) in [4.78, 5) is 0. The molecule has 0 aromatic heterocycles. The minimum Gasteiger partial charge on any atom is -0.383 e. The van der Waals surface area contributed by atoms with Crippen molar-refractivity contribution in [2.75, 3.05) is 26.8 Å². The van der Waals surface area contributed by atoms with Gasteiger partial charge in [-0.1, -0.05) is 12.1 Å². The van der Waals surface area contributed by atoms with Crippen LogP contribution >= 0.6 is 0 Å². The molecule has 3 heteroatoms. The van der Waals surface area contributed by atoms with Gasteiger partial charge in [-0.05, 0) is 43.5 Å². The number of nitrogens with one attached hydrogen (secondary N) is 1. The van der Waals surface area contributed by atoms with E-state index in [0.29, 0.717) is 0 Å². The Morgan fingerprint density at radius 1 is 1.25 bits per heavy atom. The van der Waals surface area contributed by atoms with E-state index in [2.05, 4.69) is 5.32 Å². The lowest BCUT2D eigenvalue weighted by molar-refractivity contribution is 0.199. The van der Waals surface area contributed by atoms with Crippen molar-refractivity contribution in [3.63, 3.8) is 0 Å². The summed E-state index contributed by atoms with van der Waals surface area (Å²) in [5, 5.41) is 3.28. The fraction of sp³-hybridized carbons (Fsp3) is 0.538. The number of aryl methyl sites for hydroxylation is 1. The van der Waals surface area contributed by atoms with Crippen molar-refractivity contribution < 1.29 is 9.13 Å². The van der Waals surface area contributed by atoms with Crippen LogP contribution in [0.1, 0.15) is 18.4 Å². The summed E-state index contributed by atoms with van der Waals surface area (Å²) in [6, 6.07) is 6.83. The molecule has 0 unspecified atom stereocenters. The molecule has 0 amide bonds. The lowest BCUT2D eigenvalue weighted by Gasteiger charge is -2.04. The van der Waals surface area contributed by atoms with Gasteiger partial charge in [0.15, 0.2) is 0 Å². The molecule has 1 aromatic rings. The first-order chi connectivity index (χ1) is 7.83. The molecule has 0 bridgehead atoms. The molecule has 0 heterocycles. The Labute approximate surface area is 96.8 Å². The molecule has 0 saturated heterocycles. The van der Waals surface area contributed by atoms with Crippen LogP contribution in [0.2, 0.25) is 0 Å². The smallest absolute Gasteiger partial charge is 0.123 e. The summed E-state index contributed by atoms with van der Waals surface area (Å²) in [6.45, 7) is 2.65. The zero-order chi connectivity index (χ0) is 11.6. The maximum absolute atomic E-state index is 12.9. The van der Waals surface area contributed by atoms with Crippen molar-refractivity contribution in [3.8, 4) is 0 Å². The van der Waals surface area contributed by atoms with Gasteiger partial charge in [0.05, 0.1) is 6.61 Å². The largest absolute Gasteiger partial charge is 0.383 e. The van der Waals surface area contributed by atoms with Crippen molar-refractivity contribution in [1.29, 1.82) is 0 Å². The van der Waals surface area contributed by atoms with Crippen LogP contribution in [0.3, 0.4) is 0 Å². The van der Waals surface area contributed by atoms with Crippen LogP contribution in [0.5, 0.6) is 0 Å². The van der Waals surface area contributed by atoms with Gasteiger partial charge in [-0.25, -0.2) is 4.39 Å². The number of methoxy groups -OCH3 is 1. The van der Waals surface area contributed by atoms with Crippen molar-refractivity contribution in [3.05, 3.63) is 35.6 Å². The van der Waals surface area contributed by atoms with Crippen molar-refractivity contribution in [1.82, 2.24) is 5.32 Å². The summed E-state index contributed by atoms with van der Waals surface area (Å²) < 4.78 is 17.8. The van der Waals surface area contributed by atoms with Gasteiger partial charge in [-0.2, -0.15) is 0 Å². The highest BCUT2D eigenvalue weighted by molar-refractivity contribution is 5.16. The maximum atomic E-state index is 12.9.